The number of aromatic carboxylic acids is 1. The molecule has 10 heteroatoms. The summed E-state index contributed by atoms with van der Waals surface area (Å²) in [6.07, 6.45) is -1.21. The van der Waals surface area contributed by atoms with Crippen LogP contribution in [0, 0.1) is 5.92 Å². The van der Waals surface area contributed by atoms with Crippen molar-refractivity contribution >= 4 is 54.8 Å². The molecule has 0 aliphatic carbocycles. The van der Waals surface area contributed by atoms with E-state index in [1.54, 1.807) is 11.4 Å². The Bertz CT molecular complexity index is 1150. The van der Waals surface area contributed by atoms with Gasteiger partial charge in [0.25, 0.3) is 5.56 Å². The van der Waals surface area contributed by atoms with Crippen LogP contribution < -0.4 is 11.2 Å². The summed E-state index contributed by atoms with van der Waals surface area (Å²) in [6, 6.07) is 1.75. The smallest absolute Gasteiger partial charge is 0.337 e. The fourth-order valence-electron chi connectivity index (χ4n) is 2.90. The molecule has 1 atom stereocenters. The second-order valence-corrected chi connectivity index (χ2v) is 9.35. The summed E-state index contributed by atoms with van der Waals surface area (Å²) in [5.74, 6) is -1.20. The molecule has 2 N–H and O–H groups in total. The van der Waals surface area contributed by atoms with Gasteiger partial charge in [-0.15, -0.1) is 22.7 Å². The van der Waals surface area contributed by atoms with E-state index in [4.69, 9.17) is 0 Å². The molecular formula is C17H17BrN2O5S2. The molecule has 0 amide bonds. The van der Waals surface area contributed by atoms with Crippen molar-refractivity contribution in [1.29, 1.82) is 0 Å². The Morgan fingerprint density at radius 1 is 1.30 bits per heavy atom. The molecule has 144 valence electrons. The Balaban J connectivity index is 2.43. The first-order valence-corrected chi connectivity index (χ1v) is 10.5. The standard InChI is InChI=1S/C17H17BrN2O5S2/c1-7(2)6-20-15-10(14(22)19(3)17(20)25)9(16(23)24)13(27-15)11(21)12-8(18)4-5-26-12/h4-5,7,11,21H,6H2,1-3H3,(H,23,24). The minimum Gasteiger partial charge on any atom is -0.478 e. The number of aromatic nitrogens is 2. The van der Waals surface area contributed by atoms with E-state index in [1.807, 2.05) is 13.8 Å². The Kier molecular flexibility index (Phi) is 5.44. The lowest BCUT2D eigenvalue weighted by molar-refractivity contribution is 0.0694. The average molecular weight is 473 g/mol. The number of hydrogen-bond acceptors (Lipinski definition) is 6. The van der Waals surface area contributed by atoms with Crippen LogP contribution >= 0.6 is 38.6 Å². The Hall–Kier alpha value is -1.75. The fraction of sp³-hybridized carbons (Fsp3) is 0.353. The third-order valence-electron chi connectivity index (χ3n) is 4.10. The molecule has 0 fully saturated rings. The predicted octanol–water partition coefficient (Wildman–Crippen LogP) is 3.02. The number of rotatable bonds is 5. The minimum absolute atomic E-state index is 0.0445. The highest BCUT2D eigenvalue weighted by Gasteiger charge is 2.30. The van der Waals surface area contributed by atoms with Crippen molar-refractivity contribution in [3.8, 4) is 0 Å². The van der Waals surface area contributed by atoms with Crippen molar-refractivity contribution in [2.45, 2.75) is 26.5 Å². The molecule has 0 radical (unpaired) electrons. The van der Waals surface area contributed by atoms with Crippen LogP contribution in [0.1, 0.15) is 40.1 Å². The van der Waals surface area contributed by atoms with Gasteiger partial charge in [-0.1, -0.05) is 13.8 Å². The van der Waals surface area contributed by atoms with E-state index in [0.29, 0.717) is 15.9 Å². The molecule has 27 heavy (non-hydrogen) atoms. The Morgan fingerprint density at radius 3 is 2.48 bits per heavy atom. The molecule has 0 bridgehead atoms. The van der Waals surface area contributed by atoms with Crippen molar-refractivity contribution in [2.75, 3.05) is 0 Å². The molecule has 0 saturated carbocycles. The van der Waals surface area contributed by atoms with Crippen molar-refractivity contribution < 1.29 is 15.0 Å². The third-order valence-corrected chi connectivity index (χ3v) is 7.29. The average Bonchev–Trinajstić information content (AvgIpc) is 3.19. The van der Waals surface area contributed by atoms with Crippen molar-refractivity contribution in [2.24, 2.45) is 13.0 Å². The molecule has 1 unspecified atom stereocenters. The molecular weight excluding hydrogens is 456 g/mol. The Morgan fingerprint density at radius 2 is 1.96 bits per heavy atom. The van der Waals surface area contributed by atoms with Crippen molar-refractivity contribution in [3.05, 3.63) is 52.1 Å². The summed E-state index contributed by atoms with van der Waals surface area (Å²) in [7, 11) is 1.33. The molecule has 0 aromatic carbocycles. The predicted molar refractivity (Wildman–Crippen MR) is 109 cm³/mol. The van der Waals surface area contributed by atoms with E-state index in [2.05, 4.69) is 15.9 Å². The lowest BCUT2D eigenvalue weighted by Crippen LogP contribution is -2.38. The highest BCUT2D eigenvalue weighted by atomic mass is 79.9. The van der Waals surface area contributed by atoms with Gasteiger partial charge >= 0.3 is 11.7 Å². The number of carboxylic acids is 1. The Labute approximate surface area is 170 Å². The molecule has 0 saturated heterocycles. The molecule has 3 aromatic heterocycles. The van der Waals surface area contributed by atoms with Crippen LogP contribution in [0.2, 0.25) is 0 Å². The van der Waals surface area contributed by atoms with Crippen molar-refractivity contribution in [1.82, 2.24) is 9.13 Å². The number of hydrogen-bond donors (Lipinski definition) is 2. The molecule has 3 aromatic rings. The summed E-state index contributed by atoms with van der Waals surface area (Å²) in [5, 5.41) is 22.3. The number of fused-ring (bicyclic) bond motifs is 1. The number of carbonyl (C=O) groups is 1. The fourth-order valence-corrected chi connectivity index (χ4v) is 5.84. The molecule has 3 rings (SSSR count). The molecule has 3 heterocycles. The number of halogens is 1. The van der Waals surface area contributed by atoms with Gasteiger partial charge in [0.2, 0.25) is 0 Å². The van der Waals surface area contributed by atoms with Crippen LogP contribution in [0.3, 0.4) is 0 Å². The number of aliphatic hydroxyl groups excluding tert-OH is 1. The van der Waals surface area contributed by atoms with Gasteiger partial charge in [-0.2, -0.15) is 0 Å². The first-order valence-electron chi connectivity index (χ1n) is 8.05. The van der Waals surface area contributed by atoms with Gasteiger partial charge in [-0.3, -0.25) is 13.9 Å². The monoisotopic (exact) mass is 472 g/mol. The van der Waals surface area contributed by atoms with Gasteiger partial charge in [0.1, 0.15) is 10.9 Å². The summed E-state index contributed by atoms with van der Waals surface area (Å²) >= 11 is 5.59. The van der Waals surface area contributed by atoms with E-state index in [9.17, 15) is 24.6 Å². The first-order chi connectivity index (χ1) is 12.6. The summed E-state index contributed by atoms with van der Waals surface area (Å²) in [5.41, 5.74) is -1.43. The van der Waals surface area contributed by atoms with Gasteiger partial charge in [-0.05, 0) is 33.3 Å². The number of carboxylic acid groups (broad SMARTS) is 1. The van der Waals surface area contributed by atoms with Gasteiger partial charge in [0.05, 0.1) is 20.7 Å². The zero-order valence-electron chi connectivity index (χ0n) is 14.7. The van der Waals surface area contributed by atoms with Gasteiger partial charge < -0.3 is 10.2 Å². The molecule has 0 spiro atoms. The number of aliphatic hydroxyl groups is 1. The zero-order valence-corrected chi connectivity index (χ0v) is 17.9. The second-order valence-electron chi connectivity index (χ2n) is 6.51. The van der Waals surface area contributed by atoms with Crippen LogP contribution in [0.4, 0.5) is 0 Å². The van der Waals surface area contributed by atoms with E-state index >= 15 is 0 Å². The van der Waals surface area contributed by atoms with E-state index < -0.39 is 23.3 Å². The second kappa shape index (κ2) is 7.34. The quantitative estimate of drug-likeness (QED) is 0.593. The van der Waals surface area contributed by atoms with Crippen LogP contribution in [0.15, 0.2) is 25.5 Å². The van der Waals surface area contributed by atoms with E-state index in [-0.39, 0.29) is 26.6 Å². The molecule has 7 nitrogen and oxygen atoms in total. The van der Waals surface area contributed by atoms with E-state index in [1.165, 1.54) is 23.0 Å². The first kappa shape index (κ1) is 20.0. The van der Waals surface area contributed by atoms with Crippen LogP contribution in [-0.2, 0) is 13.6 Å². The minimum atomic E-state index is -1.31. The third kappa shape index (κ3) is 3.31. The lowest BCUT2D eigenvalue weighted by atomic mass is 10.1. The summed E-state index contributed by atoms with van der Waals surface area (Å²) < 4.78 is 2.99. The number of nitrogens with zero attached hydrogens (tertiary/aromatic N) is 2. The summed E-state index contributed by atoms with van der Waals surface area (Å²) in [4.78, 5) is 38.2. The van der Waals surface area contributed by atoms with Crippen LogP contribution in [0.5, 0.6) is 0 Å². The maximum atomic E-state index is 12.7. The van der Waals surface area contributed by atoms with Crippen molar-refractivity contribution in [3.63, 3.8) is 0 Å². The molecule has 0 aliphatic rings. The maximum Gasteiger partial charge on any atom is 0.337 e. The van der Waals surface area contributed by atoms with Crippen LogP contribution in [-0.4, -0.2) is 25.3 Å². The normalized spacial score (nSPS) is 12.8. The summed E-state index contributed by atoms with van der Waals surface area (Å²) in [6.45, 7) is 4.18. The van der Waals surface area contributed by atoms with E-state index in [0.717, 1.165) is 15.9 Å². The van der Waals surface area contributed by atoms with Gasteiger partial charge in [0, 0.05) is 18.1 Å². The topological polar surface area (TPSA) is 102 Å². The van der Waals surface area contributed by atoms with Gasteiger partial charge in [0.15, 0.2) is 0 Å². The largest absolute Gasteiger partial charge is 0.478 e. The van der Waals surface area contributed by atoms with Crippen LogP contribution in [0.25, 0.3) is 10.2 Å². The lowest BCUT2D eigenvalue weighted by Gasteiger charge is -2.11. The number of thiophene rings is 2. The zero-order chi connectivity index (χ0) is 20.0. The SMILES string of the molecule is CC(C)Cn1c(=O)n(C)c(=O)c2c(C(=O)O)c(C(O)c3sccc3Br)sc21. The highest BCUT2D eigenvalue weighted by molar-refractivity contribution is 9.10. The maximum absolute atomic E-state index is 12.7. The molecule has 0 aliphatic heterocycles. The highest BCUT2D eigenvalue weighted by Crippen LogP contribution is 2.40. The van der Waals surface area contributed by atoms with Gasteiger partial charge in [-0.25, -0.2) is 9.59 Å².